The fraction of sp³-hybridized carbons (Fsp3) is 0.417. The fourth-order valence-electron chi connectivity index (χ4n) is 2.18. The molecule has 20 heavy (non-hydrogen) atoms. The zero-order chi connectivity index (χ0) is 14.9. The van der Waals surface area contributed by atoms with Crippen molar-refractivity contribution in [3.8, 4) is 0 Å². The number of hydrogen-bond donors (Lipinski definition) is 1. The largest absolute Gasteiger partial charge is 0.481 e. The van der Waals surface area contributed by atoms with E-state index < -0.39 is 32.6 Å². The second-order valence-electron chi connectivity index (χ2n) is 4.59. The van der Waals surface area contributed by atoms with Gasteiger partial charge in [0.15, 0.2) is 5.82 Å². The van der Waals surface area contributed by atoms with Gasteiger partial charge in [0.05, 0.1) is 10.4 Å². The second-order valence-corrected chi connectivity index (χ2v) is 7.35. The van der Waals surface area contributed by atoms with E-state index in [1.165, 1.54) is 18.2 Å². The van der Waals surface area contributed by atoms with Crippen LogP contribution in [0.1, 0.15) is 12.8 Å². The van der Waals surface area contributed by atoms with E-state index >= 15 is 0 Å². The van der Waals surface area contributed by atoms with Crippen molar-refractivity contribution in [2.45, 2.75) is 17.7 Å². The van der Waals surface area contributed by atoms with Crippen molar-refractivity contribution in [2.24, 2.45) is 5.92 Å². The molecule has 0 spiro atoms. The Bertz CT molecular complexity index is 634. The van der Waals surface area contributed by atoms with Gasteiger partial charge in [-0.1, -0.05) is 6.07 Å². The van der Waals surface area contributed by atoms with E-state index in [2.05, 4.69) is 15.9 Å². The molecule has 8 heteroatoms. The third kappa shape index (κ3) is 2.87. The first kappa shape index (κ1) is 15.4. The molecule has 1 saturated heterocycles. The van der Waals surface area contributed by atoms with Crippen LogP contribution < -0.4 is 0 Å². The smallest absolute Gasteiger partial charge is 0.307 e. The van der Waals surface area contributed by atoms with Gasteiger partial charge < -0.3 is 5.11 Å². The molecule has 110 valence electrons. The molecular formula is C12H13BrFNO4S. The van der Waals surface area contributed by atoms with E-state index in [-0.39, 0.29) is 17.6 Å². The highest BCUT2D eigenvalue weighted by Gasteiger charge is 2.34. The molecule has 0 amide bonds. The Labute approximate surface area is 124 Å². The van der Waals surface area contributed by atoms with Gasteiger partial charge in [-0.05, 0) is 40.9 Å². The molecule has 1 unspecified atom stereocenters. The highest BCUT2D eigenvalue weighted by Crippen LogP contribution is 2.28. The van der Waals surface area contributed by atoms with Crippen LogP contribution in [0.3, 0.4) is 0 Å². The number of halogens is 2. The fourth-order valence-corrected chi connectivity index (χ4v) is 4.29. The first-order chi connectivity index (χ1) is 9.34. The summed E-state index contributed by atoms with van der Waals surface area (Å²) in [5.74, 6) is -2.63. The van der Waals surface area contributed by atoms with E-state index in [4.69, 9.17) is 5.11 Å². The molecule has 0 bridgehead atoms. The minimum Gasteiger partial charge on any atom is -0.481 e. The van der Waals surface area contributed by atoms with E-state index in [1.807, 2.05) is 0 Å². The molecule has 1 atom stereocenters. The van der Waals surface area contributed by atoms with Crippen molar-refractivity contribution in [2.75, 3.05) is 13.1 Å². The average molecular weight is 366 g/mol. The molecule has 1 aromatic carbocycles. The monoisotopic (exact) mass is 365 g/mol. The van der Waals surface area contributed by atoms with Crippen molar-refractivity contribution in [1.29, 1.82) is 0 Å². The van der Waals surface area contributed by atoms with Gasteiger partial charge in [-0.25, -0.2) is 12.8 Å². The molecule has 2 rings (SSSR count). The summed E-state index contributed by atoms with van der Waals surface area (Å²) in [6.45, 7) is 0.0850. The summed E-state index contributed by atoms with van der Waals surface area (Å²) in [4.78, 5) is 10.5. The molecule has 1 heterocycles. The van der Waals surface area contributed by atoms with Crippen LogP contribution >= 0.6 is 15.9 Å². The molecule has 1 fully saturated rings. The predicted octanol–water partition coefficient (Wildman–Crippen LogP) is 2.07. The quantitative estimate of drug-likeness (QED) is 0.889. The summed E-state index contributed by atoms with van der Waals surface area (Å²) in [6, 6.07) is 4.02. The summed E-state index contributed by atoms with van der Waals surface area (Å²) in [6.07, 6.45) is 0.883. The van der Waals surface area contributed by atoms with E-state index in [1.54, 1.807) is 0 Å². The molecule has 0 radical (unpaired) electrons. The number of aliphatic carboxylic acids is 1. The lowest BCUT2D eigenvalue weighted by Gasteiger charge is -2.29. The molecule has 0 saturated carbocycles. The lowest BCUT2D eigenvalue weighted by atomic mass is 10.0. The topological polar surface area (TPSA) is 74.7 Å². The van der Waals surface area contributed by atoms with Crippen molar-refractivity contribution in [1.82, 2.24) is 4.31 Å². The number of carboxylic acid groups (broad SMARTS) is 1. The maximum absolute atomic E-state index is 13.9. The summed E-state index contributed by atoms with van der Waals surface area (Å²) >= 11 is 2.95. The van der Waals surface area contributed by atoms with Gasteiger partial charge in [0.25, 0.3) is 0 Å². The number of hydrogen-bond acceptors (Lipinski definition) is 3. The SMILES string of the molecule is O=C(O)C1CCCN(S(=O)(=O)c2cccc(Br)c2F)C1. The Kier molecular flexibility index (Phi) is 4.46. The van der Waals surface area contributed by atoms with Gasteiger partial charge in [-0.2, -0.15) is 4.31 Å². The molecule has 1 aliphatic rings. The average Bonchev–Trinajstić information content (AvgIpc) is 2.41. The first-order valence-corrected chi connectivity index (χ1v) is 8.24. The summed E-state index contributed by atoms with van der Waals surface area (Å²) < 4.78 is 39.8. The minimum absolute atomic E-state index is 0.0605. The highest BCUT2D eigenvalue weighted by atomic mass is 79.9. The predicted molar refractivity (Wildman–Crippen MR) is 73.2 cm³/mol. The van der Waals surface area contributed by atoms with Crippen LogP contribution in [-0.2, 0) is 14.8 Å². The molecule has 1 N–H and O–H groups in total. The van der Waals surface area contributed by atoms with Gasteiger partial charge in [-0.3, -0.25) is 4.79 Å². The zero-order valence-electron chi connectivity index (χ0n) is 10.4. The zero-order valence-corrected chi connectivity index (χ0v) is 12.8. The van der Waals surface area contributed by atoms with Gasteiger partial charge in [0.2, 0.25) is 10.0 Å². The van der Waals surface area contributed by atoms with Crippen LogP contribution in [-0.4, -0.2) is 36.9 Å². The van der Waals surface area contributed by atoms with Crippen LogP contribution in [0.5, 0.6) is 0 Å². The molecular weight excluding hydrogens is 353 g/mol. The number of piperidine rings is 1. The number of benzene rings is 1. The second kappa shape index (κ2) is 5.79. The number of carboxylic acids is 1. The standard InChI is InChI=1S/C12H13BrFNO4S/c13-9-4-1-5-10(11(9)14)20(18,19)15-6-2-3-8(7-15)12(16)17/h1,4-5,8H,2-3,6-7H2,(H,16,17). The first-order valence-electron chi connectivity index (χ1n) is 6.01. The van der Waals surface area contributed by atoms with Crippen LogP contribution in [0, 0.1) is 11.7 Å². The van der Waals surface area contributed by atoms with Crippen molar-refractivity contribution in [3.63, 3.8) is 0 Å². The van der Waals surface area contributed by atoms with Crippen LogP contribution in [0.15, 0.2) is 27.6 Å². The van der Waals surface area contributed by atoms with Gasteiger partial charge >= 0.3 is 5.97 Å². The summed E-state index contributed by atoms with van der Waals surface area (Å²) in [7, 11) is -4.02. The summed E-state index contributed by atoms with van der Waals surface area (Å²) in [5.41, 5.74) is 0. The summed E-state index contributed by atoms with van der Waals surface area (Å²) in [5, 5.41) is 8.99. The maximum atomic E-state index is 13.9. The van der Waals surface area contributed by atoms with Gasteiger partial charge in [-0.15, -0.1) is 0 Å². The van der Waals surface area contributed by atoms with Crippen LogP contribution in [0.4, 0.5) is 4.39 Å². The molecule has 1 aliphatic heterocycles. The minimum atomic E-state index is -4.02. The molecule has 0 aromatic heterocycles. The molecule has 0 aliphatic carbocycles. The van der Waals surface area contributed by atoms with Crippen LogP contribution in [0.25, 0.3) is 0 Å². The number of nitrogens with zero attached hydrogens (tertiary/aromatic N) is 1. The van der Waals surface area contributed by atoms with Gasteiger partial charge in [0, 0.05) is 13.1 Å². The molecule has 5 nitrogen and oxygen atoms in total. The maximum Gasteiger partial charge on any atom is 0.307 e. The lowest BCUT2D eigenvalue weighted by Crippen LogP contribution is -2.42. The Hall–Kier alpha value is -0.990. The lowest BCUT2D eigenvalue weighted by molar-refractivity contribution is -0.142. The number of rotatable bonds is 3. The van der Waals surface area contributed by atoms with Crippen molar-refractivity contribution in [3.05, 3.63) is 28.5 Å². The third-order valence-electron chi connectivity index (χ3n) is 3.27. The van der Waals surface area contributed by atoms with Gasteiger partial charge in [0.1, 0.15) is 4.90 Å². The van der Waals surface area contributed by atoms with E-state index in [0.29, 0.717) is 12.8 Å². The number of carbonyl (C=O) groups is 1. The van der Waals surface area contributed by atoms with Crippen LogP contribution in [0.2, 0.25) is 0 Å². The number of sulfonamides is 1. The Morgan fingerprint density at radius 3 is 2.80 bits per heavy atom. The van der Waals surface area contributed by atoms with E-state index in [0.717, 1.165) is 4.31 Å². The van der Waals surface area contributed by atoms with Crippen molar-refractivity contribution >= 4 is 31.9 Å². The Morgan fingerprint density at radius 1 is 1.45 bits per heavy atom. The normalized spacial score (nSPS) is 20.8. The Balaban J connectivity index is 2.35. The molecule has 1 aromatic rings. The highest BCUT2D eigenvalue weighted by molar-refractivity contribution is 9.10. The Morgan fingerprint density at radius 2 is 2.15 bits per heavy atom. The third-order valence-corrected chi connectivity index (χ3v) is 5.76. The van der Waals surface area contributed by atoms with E-state index in [9.17, 15) is 17.6 Å². The van der Waals surface area contributed by atoms with Crippen molar-refractivity contribution < 1.29 is 22.7 Å².